The van der Waals surface area contributed by atoms with E-state index in [1.54, 1.807) is 69.4 Å². The number of carbonyl (C=O) groups is 2. The number of para-hydroxylation sites is 1. The summed E-state index contributed by atoms with van der Waals surface area (Å²) in [5.41, 5.74) is 21.0. The predicted molar refractivity (Wildman–Crippen MR) is 177 cm³/mol. The minimum absolute atomic E-state index is 0.0289. The SMILES string of the molecule is CN=C/C(CN(C)C=C=O)=C(/C)N.CNC(=O)/C(N)=C(/C=C(\N)NC(=O)C1CC1)Nc1cccc(-c2cnc(C)c(F)c2)c1OC. The van der Waals surface area contributed by atoms with Crippen LogP contribution in [-0.2, 0) is 14.4 Å². The summed E-state index contributed by atoms with van der Waals surface area (Å²) in [4.78, 5) is 43.9. The third-order valence-corrected chi connectivity index (χ3v) is 6.59. The van der Waals surface area contributed by atoms with E-state index in [4.69, 9.17) is 21.9 Å². The zero-order valence-corrected chi connectivity index (χ0v) is 26.9. The highest BCUT2D eigenvalue weighted by atomic mass is 19.1. The number of nitrogens with two attached hydrogens (primary N) is 3. The molecule has 1 aliphatic carbocycles. The van der Waals surface area contributed by atoms with Gasteiger partial charge in [0.05, 0.1) is 30.4 Å². The van der Waals surface area contributed by atoms with Crippen molar-refractivity contribution in [3.63, 3.8) is 0 Å². The number of amides is 2. The fourth-order valence-electron chi connectivity index (χ4n) is 3.93. The number of rotatable bonds is 12. The molecule has 0 aliphatic heterocycles. The molecule has 0 radical (unpaired) electrons. The van der Waals surface area contributed by atoms with Crippen LogP contribution in [-0.4, -0.2) is 68.7 Å². The minimum Gasteiger partial charge on any atom is -0.494 e. The van der Waals surface area contributed by atoms with Crippen LogP contribution in [0.5, 0.6) is 5.75 Å². The normalized spacial score (nSPS) is 13.7. The number of pyridine rings is 1. The molecule has 246 valence electrons. The Morgan fingerprint density at radius 3 is 2.50 bits per heavy atom. The summed E-state index contributed by atoms with van der Waals surface area (Å²) in [7, 11) is 6.36. The minimum atomic E-state index is -0.546. The Balaban J connectivity index is 0.000000479. The van der Waals surface area contributed by atoms with Gasteiger partial charge in [0.15, 0.2) is 0 Å². The van der Waals surface area contributed by atoms with Crippen molar-refractivity contribution >= 4 is 29.7 Å². The molecule has 0 spiro atoms. The average Bonchev–Trinajstić information content (AvgIpc) is 3.87. The monoisotopic (exact) mass is 635 g/mol. The van der Waals surface area contributed by atoms with E-state index in [0.717, 1.165) is 18.4 Å². The van der Waals surface area contributed by atoms with E-state index in [1.807, 2.05) is 0 Å². The van der Waals surface area contributed by atoms with Crippen LogP contribution in [0.2, 0.25) is 0 Å². The van der Waals surface area contributed by atoms with Gasteiger partial charge in [0.1, 0.15) is 29.0 Å². The van der Waals surface area contributed by atoms with Gasteiger partial charge in [0, 0.05) is 74.5 Å². The smallest absolute Gasteiger partial charge is 0.269 e. The van der Waals surface area contributed by atoms with Crippen LogP contribution in [0, 0.1) is 18.7 Å². The molecule has 3 rings (SSSR count). The summed E-state index contributed by atoms with van der Waals surface area (Å²) < 4.78 is 19.7. The number of halogens is 1. The first-order chi connectivity index (χ1) is 21.9. The third-order valence-electron chi connectivity index (χ3n) is 6.59. The van der Waals surface area contributed by atoms with Crippen molar-refractivity contribution in [1.29, 1.82) is 0 Å². The van der Waals surface area contributed by atoms with Crippen molar-refractivity contribution < 1.29 is 23.5 Å². The van der Waals surface area contributed by atoms with Crippen LogP contribution in [0.15, 0.2) is 76.2 Å². The maximum atomic E-state index is 14.1. The topological polar surface area (TPSA) is 203 Å². The Labute approximate surface area is 268 Å². The molecule has 2 amide bonds. The van der Waals surface area contributed by atoms with Crippen molar-refractivity contribution in [3.8, 4) is 16.9 Å². The molecule has 1 saturated carbocycles. The number of hydrogen-bond acceptors (Lipinski definition) is 11. The Morgan fingerprint density at radius 2 is 1.96 bits per heavy atom. The van der Waals surface area contributed by atoms with Crippen LogP contribution >= 0.6 is 0 Å². The highest BCUT2D eigenvalue weighted by Crippen LogP contribution is 2.37. The number of aryl methyl sites for hydroxylation is 1. The number of methoxy groups -OCH3 is 1. The predicted octanol–water partition coefficient (Wildman–Crippen LogP) is 2.06. The highest BCUT2D eigenvalue weighted by molar-refractivity contribution is 5.94. The Bertz CT molecular complexity index is 1590. The fraction of sp³-hybridized carbons (Fsp3) is 0.312. The number of carbonyl (C=O) groups excluding carboxylic acids is 3. The largest absolute Gasteiger partial charge is 0.494 e. The van der Waals surface area contributed by atoms with E-state index >= 15 is 0 Å². The number of anilines is 1. The first-order valence-corrected chi connectivity index (χ1v) is 14.2. The van der Waals surface area contributed by atoms with Crippen molar-refractivity contribution in [3.05, 3.63) is 82.7 Å². The van der Waals surface area contributed by atoms with Crippen molar-refractivity contribution in [1.82, 2.24) is 20.5 Å². The lowest BCUT2D eigenvalue weighted by Crippen LogP contribution is -2.31. The van der Waals surface area contributed by atoms with Gasteiger partial charge in [-0.1, -0.05) is 12.1 Å². The van der Waals surface area contributed by atoms with Gasteiger partial charge in [0.2, 0.25) is 5.91 Å². The Hall–Kier alpha value is -5.62. The summed E-state index contributed by atoms with van der Waals surface area (Å²) in [6.07, 6.45) is 7.56. The number of allylic oxidation sites excluding steroid dienone is 2. The molecule has 1 aromatic carbocycles. The van der Waals surface area contributed by atoms with Crippen molar-refractivity contribution in [2.45, 2.75) is 26.7 Å². The molecule has 46 heavy (non-hydrogen) atoms. The lowest BCUT2D eigenvalue weighted by Gasteiger charge is -2.17. The molecule has 0 bridgehead atoms. The fourth-order valence-corrected chi connectivity index (χ4v) is 3.93. The molecule has 13 nitrogen and oxygen atoms in total. The summed E-state index contributed by atoms with van der Waals surface area (Å²) in [5, 5.41) is 8.10. The molecule has 1 fully saturated rings. The van der Waals surface area contributed by atoms with Gasteiger partial charge in [-0.2, -0.15) is 0 Å². The Kier molecular flexibility index (Phi) is 14.0. The number of aliphatic imine (C=N–C) groups is 1. The second-order valence-corrected chi connectivity index (χ2v) is 10.3. The van der Waals surface area contributed by atoms with Crippen LogP contribution in [0.3, 0.4) is 0 Å². The van der Waals surface area contributed by atoms with Gasteiger partial charge in [-0.3, -0.25) is 19.6 Å². The number of hydrogen-bond donors (Lipinski definition) is 6. The number of likely N-dealkylation sites (N-methyl/N-ethyl adjacent to an activating group) is 2. The lowest BCUT2D eigenvalue weighted by atomic mass is 10.0. The quantitative estimate of drug-likeness (QED) is 0.0867. The number of aromatic nitrogens is 1. The summed E-state index contributed by atoms with van der Waals surface area (Å²) in [5.74, 6) is 0.876. The van der Waals surface area contributed by atoms with E-state index in [0.29, 0.717) is 34.8 Å². The molecule has 1 aliphatic rings. The van der Waals surface area contributed by atoms with Crippen LogP contribution < -0.4 is 37.9 Å². The number of benzene rings is 1. The molecule has 14 heteroatoms. The molecule has 1 heterocycles. The second-order valence-electron chi connectivity index (χ2n) is 10.3. The lowest BCUT2D eigenvalue weighted by molar-refractivity contribution is -0.121. The van der Waals surface area contributed by atoms with Crippen LogP contribution in [0.25, 0.3) is 11.1 Å². The molecule has 9 N–H and O–H groups in total. The molecule has 1 aromatic heterocycles. The van der Waals surface area contributed by atoms with Gasteiger partial charge in [0.25, 0.3) is 5.91 Å². The van der Waals surface area contributed by atoms with E-state index in [-0.39, 0.29) is 34.7 Å². The van der Waals surface area contributed by atoms with Crippen molar-refractivity contribution in [2.24, 2.45) is 28.1 Å². The van der Waals surface area contributed by atoms with Gasteiger partial charge >= 0.3 is 0 Å². The summed E-state index contributed by atoms with van der Waals surface area (Å²) >= 11 is 0. The zero-order valence-electron chi connectivity index (χ0n) is 26.9. The summed E-state index contributed by atoms with van der Waals surface area (Å²) in [6, 6.07) is 6.55. The van der Waals surface area contributed by atoms with Crippen molar-refractivity contribution in [2.75, 3.05) is 40.1 Å². The molecule has 0 atom stereocenters. The molecule has 0 unspecified atom stereocenters. The van der Waals surface area contributed by atoms with Gasteiger partial charge in [-0.25, -0.2) is 9.18 Å². The molecular weight excluding hydrogens is 593 g/mol. The number of ether oxygens (including phenoxy) is 1. The van der Waals surface area contributed by atoms with Gasteiger partial charge in [-0.05, 0) is 38.8 Å². The number of nitrogens with zero attached hydrogens (tertiary/aromatic N) is 3. The highest BCUT2D eigenvalue weighted by Gasteiger charge is 2.29. The van der Waals surface area contributed by atoms with E-state index in [2.05, 4.69) is 25.9 Å². The first-order valence-electron chi connectivity index (χ1n) is 14.2. The van der Waals surface area contributed by atoms with E-state index in [9.17, 15) is 18.8 Å². The second kappa shape index (κ2) is 17.6. The van der Waals surface area contributed by atoms with E-state index < -0.39 is 11.7 Å². The summed E-state index contributed by atoms with van der Waals surface area (Å²) in [6.45, 7) is 3.94. The van der Waals surface area contributed by atoms with Gasteiger partial charge < -0.3 is 42.8 Å². The van der Waals surface area contributed by atoms with Crippen LogP contribution in [0.1, 0.15) is 25.5 Å². The average molecular weight is 636 g/mol. The zero-order chi connectivity index (χ0) is 34.4. The van der Waals surface area contributed by atoms with E-state index in [1.165, 1.54) is 32.5 Å². The maximum Gasteiger partial charge on any atom is 0.269 e. The molecular formula is C32H42FN9O4. The van der Waals surface area contributed by atoms with Crippen LogP contribution in [0.4, 0.5) is 10.1 Å². The Morgan fingerprint density at radius 1 is 1.26 bits per heavy atom. The first kappa shape index (κ1) is 36.6. The molecule has 0 saturated heterocycles. The molecule has 2 aromatic rings. The third kappa shape index (κ3) is 10.8. The number of nitrogens with one attached hydrogen (secondary N) is 3. The maximum absolute atomic E-state index is 14.1. The standard InChI is InChI=1S/C23H27FN6O3.C9H15N3O/c1-12-16(24)9-14(11-28-12)15-5-4-6-17(21(15)33-3)29-18(20(26)23(32)27-2)10-19(25)30-22(31)13-7-8-13;1-8(10)9(6-11-2)7-12(3)4-5-13/h4-6,9-11,13,29H,7-8,25-26H2,1-3H3,(H,27,32)(H,30,31);4,6H,7,10H2,1-3H3/b19-10+,20-18+;9-8+,11-6?. The van der Waals surface area contributed by atoms with Gasteiger partial charge in [-0.15, -0.1) is 0 Å².